The largest absolute Gasteiger partial charge is 0.495 e. The quantitative estimate of drug-likeness (QED) is 0.884. The van der Waals surface area contributed by atoms with E-state index >= 15 is 0 Å². The van der Waals surface area contributed by atoms with Crippen LogP contribution in [-0.2, 0) is 0 Å². The lowest BCUT2D eigenvalue weighted by Crippen LogP contribution is -2.11. The van der Waals surface area contributed by atoms with Crippen LogP contribution in [0.15, 0.2) is 24.3 Å². The molecular formula is C12H10Cl3NOS. The molecule has 0 fully saturated rings. The summed E-state index contributed by atoms with van der Waals surface area (Å²) in [6.45, 7) is 0. The van der Waals surface area contributed by atoms with Gasteiger partial charge in [0.1, 0.15) is 5.75 Å². The number of rotatable bonds is 3. The molecule has 0 radical (unpaired) electrons. The first-order valence-electron chi connectivity index (χ1n) is 5.06. The van der Waals surface area contributed by atoms with Gasteiger partial charge in [0.05, 0.1) is 22.5 Å². The van der Waals surface area contributed by atoms with Gasteiger partial charge in [-0.05, 0) is 23.8 Å². The second kappa shape index (κ2) is 5.68. The van der Waals surface area contributed by atoms with Crippen LogP contribution in [0.1, 0.15) is 16.5 Å². The van der Waals surface area contributed by atoms with Gasteiger partial charge in [0.15, 0.2) is 0 Å². The molecule has 0 spiro atoms. The average molecular weight is 323 g/mol. The Balaban J connectivity index is 2.42. The highest BCUT2D eigenvalue weighted by Gasteiger charge is 2.17. The molecule has 1 heterocycles. The number of ether oxygens (including phenoxy) is 1. The van der Waals surface area contributed by atoms with E-state index in [9.17, 15) is 0 Å². The Bertz CT molecular complexity index is 570. The predicted molar refractivity (Wildman–Crippen MR) is 78.4 cm³/mol. The van der Waals surface area contributed by atoms with Crippen molar-refractivity contribution in [2.75, 3.05) is 7.11 Å². The zero-order valence-corrected chi connectivity index (χ0v) is 12.5. The van der Waals surface area contributed by atoms with E-state index in [2.05, 4.69) is 0 Å². The van der Waals surface area contributed by atoms with E-state index in [1.165, 1.54) is 18.4 Å². The maximum absolute atomic E-state index is 6.18. The lowest BCUT2D eigenvalue weighted by Gasteiger charge is -2.14. The van der Waals surface area contributed by atoms with Crippen molar-refractivity contribution in [1.29, 1.82) is 0 Å². The summed E-state index contributed by atoms with van der Waals surface area (Å²) in [5, 5.41) is 1.00. The van der Waals surface area contributed by atoms with Crippen molar-refractivity contribution < 1.29 is 4.74 Å². The maximum Gasteiger partial charge on any atom is 0.138 e. The molecule has 0 amide bonds. The average Bonchev–Trinajstić information content (AvgIpc) is 2.77. The third kappa shape index (κ3) is 2.76. The SMILES string of the molecule is COc1cc(Cl)c(C(N)c2ccc(Cl)s2)cc1Cl. The Labute approximate surface area is 124 Å². The highest BCUT2D eigenvalue weighted by molar-refractivity contribution is 7.16. The third-order valence-corrected chi connectivity index (χ3v) is 4.44. The lowest BCUT2D eigenvalue weighted by molar-refractivity contribution is 0.415. The van der Waals surface area contributed by atoms with Crippen LogP contribution in [0.5, 0.6) is 5.75 Å². The summed E-state index contributed by atoms with van der Waals surface area (Å²) in [4.78, 5) is 0.933. The van der Waals surface area contributed by atoms with Gasteiger partial charge in [-0.15, -0.1) is 11.3 Å². The van der Waals surface area contributed by atoms with Crippen molar-refractivity contribution in [3.63, 3.8) is 0 Å². The smallest absolute Gasteiger partial charge is 0.138 e. The molecule has 1 atom stereocenters. The van der Waals surface area contributed by atoms with Crippen LogP contribution >= 0.6 is 46.1 Å². The van der Waals surface area contributed by atoms with E-state index in [-0.39, 0.29) is 6.04 Å². The van der Waals surface area contributed by atoms with E-state index in [1.807, 2.05) is 6.07 Å². The first-order chi connectivity index (χ1) is 8.52. The monoisotopic (exact) mass is 321 g/mol. The number of hydrogen-bond acceptors (Lipinski definition) is 3. The fourth-order valence-electron chi connectivity index (χ4n) is 1.59. The van der Waals surface area contributed by atoms with Gasteiger partial charge in [-0.1, -0.05) is 34.8 Å². The summed E-state index contributed by atoms with van der Waals surface area (Å²) in [6, 6.07) is 6.72. The summed E-state index contributed by atoms with van der Waals surface area (Å²) in [5.41, 5.74) is 6.91. The third-order valence-electron chi connectivity index (χ3n) is 2.51. The number of methoxy groups -OCH3 is 1. The van der Waals surface area contributed by atoms with Gasteiger partial charge in [0.2, 0.25) is 0 Å². The molecule has 2 aromatic rings. The number of benzene rings is 1. The molecule has 0 aliphatic carbocycles. The van der Waals surface area contributed by atoms with E-state index in [0.717, 1.165) is 10.4 Å². The minimum Gasteiger partial charge on any atom is -0.495 e. The van der Waals surface area contributed by atoms with Crippen molar-refractivity contribution in [2.45, 2.75) is 6.04 Å². The standard InChI is InChI=1S/C12H10Cl3NOS/c1-17-9-5-7(13)6(4-8(9)14)12(16)10-2-3-11(15)18-10/h2-5,12H,16H2,1H3. The Morgan fingerprint density at radius 1 is 1.17 bits per heavy atom. The summed E-state index contributed by atoms with van der Waals surface area (Å²) < 4.78 is 5.79. The van der Waals surface area contributed by atoms with Crippen LogP contribution in [0.4, 0.5) is 0 Å². The van der Waals surface area contributed by atoms with Gasteiger partial charge in [0, 0.05) is 16.0 Å². The number of thiophene rings is 1. The molecule has 96 valence electrons. The summed E-state index contributed by atoms with van der Waals surface area (Å²) in [7, 11) is 1.54. The van der Waals surface area contributed by atoms with Gasteiger partial charge >= 0.3 is 0 Å². The molecule has 2 nitrogen and oxygen atoms in total. The van der Waals surface area contributed by atoms with Gasteiger partial charge in [-0.3, -0.25) is 0 Å². The maximum atomic E-state index is 6.18. The fraction of sp³-hybridized carbons (Fsp3) is 0.167. The molecule has 18 heavy (non-hydrogen) atoms. The Morgan fingerprint density at radius 2 is 1.89 bits per heavy atom. The summed E-state index contributed by atoms with van der Waals surface area (Å²) >= 11 is 19.6. The minimum absolute atomic E-state index is 0.349. The molecule has 6 heteroatoms. The van der Waals surface area contributed by atoms with Crippen LogP contribution in [0, 0.1) is 0 Å². The Hall–Kier alpha value is -0.450. The molecule has 0 aliphatic heterocycles. The minimum atomic E-state index is -0.349. The lowest BCUT2D eigenvalue weighted by atomic mass is 10.1. The fourth-order valence-corrected chi connectivity index (χ4v) is 3.19. The van der Waals surface area contributed by atoms with Crippen LogP contribution in [-0.4, -0.2) is 7.11 Å². The van der Waals surface area contributed by atoms with Crippen LogP contribution < -0.4 is 10.5 Å². The molecule has 1 unspecified atom stereocenters. The zero-order valence-electron chi connectivity index (χ0n) is 9.41. The molecule has 2 N–H and O–H groups in total. The zero-order chi connectivity index (χ0) is 13.3. The summed E-state index contributed by atoms with van der Waals surface area (Å²) in [5.74, 6) is 0.529. The first-order valence-corrected chi connectivity index (χ1v) is 7.01. The Morgan fingerprint density at radius 3 is 2.44 bits per heavy atom. The van der Waals surface area contributed by atoms with Gasteiger partial charge < -0.3 is 10.5 Å². The van der Waals surface area contributed by atoms with Crippen molar-refractivity contribution in [3.05, 3.63) is 49.1 Å². The molecule has 1 aromatic carbocycles. The number of halogens is 3. The van der Waals surface area contributed by atoms with Crippen molar-refractivity contribution in [1.82, 2.24) is 0 Å². The molecule has 0 bridgehead atoms. The molecule has 0 aliphatic rings. The van der Waals surface area contributed by atoms with Crippen molar-refractivity contribution in [2.24, 2.45) is 5.73 Å². The van der Waals surface area contributed by atoms with Gasteiger partial charge in [0.25, 0.3) is 0 Å². The van der Waals surface area contributed by atoms with Crippen molar-refractivity contribution in [3.8, 4) is 5.75 Å². The van der Waals surface area contributed by atoms with Crippen LogP contribution in [0.25, 0.3) is 0 Å². The number of nitrogens with two attached hydrogens (primary N) is 1. The first kappa shape index (κ1) is 14.0. The highest BCUT2D eigenvalue weighted by Crippen LogP contribution is 2.37. The second-order valence-electron chi connectivity index (χ2n) is 3.63. The van der Waals surface area contributed by atoms with Crippen LogP contribution in [0.2, 0.25) is 14.4 Å². The number of hydrogen-bond donors (Lipinski definition) is 1. The predicted octanol–water partition coefficient (Wildman–Crippen LogP) is 4.77. The van der Waals surface area contributed by atoms with E-state index < -0.39 is 0 Å². The molecule has 0 saturated carbocycles. The van der Waals surface area contributed by atoms with Gasteiger partial charge in [-0.25, -0.2) is 0 Å². The molecule has 2 rings (SSSR count). The normalized spacial score (nSPS) is 12.5. The summed E-state index contributed by atoms with van der Waals surface area (Å²) in [6.07, 6.45) is 0. The van der Waals surface area contributed by atoms with E-state index in [1.54, 1.807) is 18.2 Å². The van der Waals surface area contributed by atoms with E-state index in [4.69, 9.17) is 45.3 Å². The molecule has 1 aromatic heterocycles. The van der Waals surface area contributed by atoms with Gasteiger partial charge in [-0.2, -0.15) is 0 Å². The Kier molecular flexibility index (Phi) is 4.41. The molecule has 0 saturated heterocycles. The van der Waals surface area contributed by atoms with E-state index in [0.29, 0.717) is 20.1 Å². The van der Waals surface area contributed by atoms with Crippen molar-refractivity contribution >= 4 is 46.1 Å². The van der Waals surface area contributed by atoms with Crippen LogP contribution in [0.3, 0.4) is 0 Å². The molecular weight excluding hydrogens is 313 g/mol. The second-order valence-corrected chi connectivity index (χ2v) is 6.19. The topological polar surface area (TPSA) is 35.2 Å². The highest BCUT2D eigenvalue weighted by atomic mass is 35.5.